The Hall–Kier alpha value is -0.380. The molecule has 2 nitrogen and oxygen atoms in total. The van der Waals surface area contributed by atoms with Gasteiger partial charge in [-0.1, -0.05) is 0 Å². The zero-order valence-electron chi connectivity index (χ0n) is 6.74. The Morgan fingerprint density at radius 1 is 1.55 bits per heavy atom. The van der Waals surface area contributed by atoms with Crippen molar-refractivity contribution in [3.63, 3.8) is 0 Å². The number of aryl methyl sites for hydroxylation is 1. The van der Waals surface area contributed by atoms with Gasteiger partial charge in [0.15, 0.2) is 0 Å². The van der Waals surface area contributed by atoms with Gasteiger partial charge in [0.2, 0.25) is 0 Å². The summed E-state index contributed by atoms with van der Waals surface area (Å²) in [7, 11) is 0. The van der Waals surface area contributed by atoms with Crippen LogP contribution in [0.25, 0.3) is 0 Å². The molecule has 3 heteroatoms. The fourth-order valence-corrected chi connectivity index (χ4v) is 1.85. The molecular weight excluding hydrogens is 158 g/mol. The summed E-state index contributed by atoms with van der Waals surface area (Å²) in [6.07, 6.45) is -0.506. The quantitative estimate of drug-likeness (QED) is 0.707. The van der Waals surface area contributed by atoms with Gasteiger partial charge in [-0.05, 0) is 26.0 Å². The second-order valence-corrected chi connectivity index (χ2v) is 4.07. The average molecular weight is 171 g/mol. The molecule has 1 aromatic rings. The molecule has 3 N–H and O–H groups in total. The molecule has 0 spiro atoms. The van der Waals surface area contributed by atoms with E-state index in [9.17, 15) is 5.11 Å². The summed E-state index contributed by atoms with van der Waals surface area (Å²) >= 11 is 1.59. The standard InChI is InChI=1S/C8H13NOS/c1-5-3-4-7(11-5)8(10)6(2)9/h3-4,6,8,10H,9H2,1-2H3/t6-,8-/m0/s1. The van der Waals surface area contributed by atoms with Crippen LogP contribution in [-0.4, -0.2) is 11.1 Å². The van der Waals surface area contributed by atoms with Crippen LogP contribution in [0.4, 0.5) is 0 Å². The first kappa shape index (κ1) is 8.71. The SMILES string of the molecule is Cc1ccc([C@@H](O)[C@H](C)N)s1. The van der Waals surface area contributed by atoms with Gasteiger partial charge in [-0.3, -0.25) is 0 Å². The highest BCUT2D eigenvalue weighted by atomic mass is 32.1. The highest BCUT2D eigenvalue weighted by Gasteiger charge is 2.13. The zero-order valence-corrected chi connectivity index (χ0v) is 7.56. The molecule has 0 aliphatic heterocycles. The Balaban J connectivity index is 2.76. The molecule has 0 bridgehead atoms. The van der Waals surface area contributed by atoms with Gasteiger partial charge >= 0.3 is 0 Å². The molecule has 0 fully saturated rings. The van der Waals surface area contributed by atoms with Crippen molar-refractivity contribution in [2.45, 2.75) is 26.0 Å². The Bertz CT molecular complexity index is 232. The summed E-state index contributed by atoms with van der Waals surface area (Å²) in [5.74, 6) is 0. The predicted octanol–water partition coefficient (Wildman–Crippen LogP) is 1.44. The maximum atomic E-state index is 9.50. The first-order valence-corrected chi connectivity index (χ1v) is 4.43. The summed E-state index contributed by atoms with van der Waals surface area (Å²) in [6.45, 7) is 3.82. The van der Waals surface area contributed by atoms with E-state index in [1.807, 2.05) is 19.1 Å². The van der Waals surface area contributed by atoms with Gasteiger partial charge < -0.3 is 10.8 Å². The first-order chi connectivity index (χ1) is 5.11. The maximum Gasteiger partial charge on any atom is 0.103 e. The summed E-state index contributed by atoms with van der Waals surface area (Å²) < 4.78 is 0. The van der Waals surface area contributed by atoms with Gasteiger partial charge in [0.1, 0.15) is 6.10 Å². The van der Waals surface area contributed by atoms with Gasteiger partial charge in [-0.15, -0.1) is 11.3 Å². The van der Waals surface area contributed by atoms with Crippen LogP contribution in [0.2, 0.25) is 0 Å². The van der Waals surface area contributed by atoms with Crippen LogP contribution in [0.1, 0.15) is 22.8 Å². The van der Waals surface area contributed by atoms with E-state index in [4.69, 9.17) is 5.73 Å². The molecule has 11 heavy (non-hydrogen) atoms. The van der Waals surface area contributed by atoms with E-state index in [0.717, 1.165) is 4.88 Å². The van der Waals surface area contributed by atoms with E-state index in [1.54, 1.807) is 18.3 Å². The molecule has 0 saturated heterocycles. The average Bonchev–Trinajstić information content (AvgIpc) is 2.34. The number of hydrogen-bond donors (Lipinski definition) is 2. The molecule has 0 aliphatic rings. The molecule has 0 saturated carbocycles. The number of aliphatic hydroxyl groups excluding tert-OH is 1. The molecule has 0 radical (unpaired) electrons. The lowest BCUT2D eigenvalue weighted by Crippen LogP contribution is -2.23. The van der Waals surface area contributed by atoms with E-state index in [-0.39, 0.29) is 6.04 Å². The zero-order chi connectivity index (χ0) is 8.43. The van der Waals surface area contributed by atoms with E-state index >= 15 is 0 Å². The fraction of sp³-hybridized carbons (Fsp3) is 0.500. The smallest absolute Gasteiger partial charge is 0.103 e. The minimum atomic E-state index is -0.506. The van der Waals surface area contributed by atoms with Crippen LogP contribution in [0, 0.1) is 6.92 Å². The number of nitrogens with two attached hydrogens (primary N) is 1. The molecule has 2 atom stereocenters. The Labute approximate surface area is 70.7 Å². The normalized spacial score (nSPS) is 16.4. The maximum absolute atomic E-state index is 9.50. The molecule has 62 valence electrons. The lowest BCUT2D eigenvalue weighted by Gasteiger charge is -2.11. The van der Waals surface area contributed by atoms with Crippen LogP contribution < -0.4 is 5.73 Å². The summed E-state index contributed by atoms with van der Waals surface area (Å²) in [5.41, 5.74) is 5.53. The third kappa shape index (κ3) is 2.02. The van der Waals surface area contributed by atoms with Crippen molar-refractivity contribution < 1.29 is 5.11 Å². The van der Waals surface area contributed by atoms with E-state index < -0.39 is 6.10 Å². The van der Waals surface area contributed by atoms with Crippen molar-refractivity contribution in [2.75, 3.05) is 0 Å². The third-order valence-corrected chi connectivity index (χ3v) is 2.62. The number of rotatable bonds is 2. The topological polar surface area (TPSA) is 46.2 Å². The second-order valence-electron chi connectivity index (χ2n) is 2.75. The molecule has 1 rings (SSSR count). The molecular formula is C8H13NOS. The molecule has 0 amide bonds. The summed E-state index contributed by atoms with van der Waals surface area (Å²) in [4.78, 5) is 2.16. The lowest BCUT2D eigenvalue weighted by atomic mass is 10.2. The second kappa shape index (κ2) is 3.34. The Morgan fingerprint density at radius 2 is 2.18 bits per heavy atom. The van der Waals surface area contributed by atoms with Gasteiger partial charge in [0.25, 0.3) is 0 Å². The monoisotopic (exact) mass is 171 g/mol. The molecule has 1 heterocycles. The molecule has 0 aromatic carbocycles. The molecule has 0 unspecified atom stereocenters. The van der Waals surface area contributed by atoms with Crippen LogP contribution in [-0.2, 0) is 0 Å². The van der Waals surface area contributed by atoms with Gasteiger partial charge in [0, 0.05) is 15.8 Å². The number of thiophene rings is 1. The van der Waals surface area contributed by atoms with Crippen LogP contribution in [0.5, 0.6) is 0 Å². The van der Waals surface area contributed by atoms with Crippen LogP contribution >= 0.6 is 11.3 Å². The lowest BCUT2D eigenvalue weighted by molar-refractivity contribution is 0.157. The van der Waals surface area contributed by atoms with Crippen molar-refractivity contribution in [1.29, 1.82) is 0 Å². The van der Waals surface area contributed by atoms with Crippen molar-refractivity contribution in [1.82, 2.24) is 0 Å². The van der Waals surface area contributed by atoms with E-state index in [0.29, 0.717) is 0 Å². The predicted molar refractivity (Wildman–Crippen MR) is 47.7 cm³/mol. The minimum Gasteiger partial charge on any atom is -0.386 e. The van der Waals surface area contributed by atoms with Gasteiger partial charge in [-0.25, -0.2) is 0 Å². The highest BCUT2D eigenvalue weighted by Crippen LogP contribution is 2.23. The van der Waals surface area contributed by atoms with Crippen LogP contribution in [0.15, 0.2) is 12.1 Å². The van der Waals surface area contributed by atoms with E-state index in [1.165, 1.54) is 4.88 Å². The largest absolute Gasteiger partial charge is 0.386 e. The Morgan fingerprint density at radius 3 is 2.55 bits per heavy atom. The highest BCUT2D eigenvalue weighted by molar-refractivity contribution is 7.12. The number of aliphatic hydroxyl groups is 1. The van der Waals surface area contributed by atoms with Crippen molar-refractivity contribution in [3.8, 4) is 0 Å². The van der Waals surface area contributed by atoms with Crippen molar-refractivity contribution >= 4 is 11.3 Å². The third-order valence-electron chi connectivity index (χ3n) is 1.55. The van der Waals surface area contributed by atoms with E-state index in [2.05, 4.69) is 0 Å². The van der Waals surface area contributed by atoms with Crippen LogP contribution in [0.3, 0.4) is 0 Å². The van der Waals surface area contributed by atoms with Gasteiger partial charge in [0.05, 0.1) is 0 Å². The Kier molecular flexibility index (Phi) is 2.65. The van der Waals surface area contributed by atoms with Crippen molar-refractivity contribution in [2.24, 2.45) is 5.73 Å². The first-order valence-electron chi connectivity index (χ1n) is 3.61. The molecule has 0 aliphatic carbocycles. The van der Waals surface area contributed by atoms with Gasteiger partial charge in [-0.2, -0.15) is 0 Å². The van der Waals surface area contributed by atoms with Crippen molar-refractivity contribution in [3.05, 3.63) is 21.9 Å². The fourth-order valence-electron chi connectivity index (χ4n) is 0.871. The number of hydrogen-bond acceptors (Lipinski definition) is 3. The minimum absolute atomic E-state index is 0.187. The summed E-state index contributed by atoms with van der Waals surface area (Å²) in [5, 5.41) is 9.50. The molecule has 1 aromatic heterocycles. The summed E-state index contributed by atoms with van der Waals surface area (Å²) in [6, 6.07) is 3.73.